The first-order chi connectivity index (χ1) is 12.1. The second-order valence-corrected chi connectivity index (χ2v) is 6.85. The summed E-state index contributed by atoms with van der Waals surface area (Å²) < 4.78 is 5.31. The van der Waals surface area contributed by atoms with Crippen LogP contribution in [-0.4, -0.2) is 49.6 Å². The van der Waals surface area contributed by atoms with E-state index in [4.69, 9.17) is 4.74 Å². The molecule has 0 spiro atoms. The molecule has 3 amide bonds. The van der Waals surface area contributed by atoms with Crippen LogP contribution in [0.2, 0.25) is 0 Å². The molecule has 2 N–H and O–H groups in total. The van der Waals surface area contributed by atoms with Crippen LogP contribution in [-0.2, 0) is 11.2 Å². The Hall–Kier alpha value is -2.24. The number of ether oxygens (including phenoxy) is 1. The van der Waals surface area contributed by atoms with Gasteiger partial charge in [0.1, 0.15) is 11.8 Å². The van der Waals surface area contributed by atoms with E-state index in [1.54, 1.807) is 18.9 Å². The van der Waals surface area contributed by atoms with Gasteiger partial charge in [-0.25, -0.2) is 4.79 Å². The van der Waals surface area contributed by atoms with Crippen LogP contribution >= 0.6 is 0 Å². The van der Waals surface area contributed by atoms with Crippen molar-refractivity contribution in [3.8, 4) is 5.75 Å². The Morgan fingerprint density at radius 1 is 1.40 bits per heavy atom. The molecule has 1 aromatic rings. The monoisotopic (exact) mass is 345 g/mol. The number of fused-ring (bicyclic) bond motifs is 1. The van der Waals surface area contributed by atoms with Crippen molar-refractivity contribution in [2.45, 2.75) is 44.6 Å². The molecule has 0 aromatic heterocycles. The molecule has 6 heteroatoms. The maximum Gasteiger partial charge on any atom is 0.318 e. The van der Waals surface area contributed by atoms with Crippen LogP contribution in [0.5, 0.6) is 5.75 Å². The zero-order chi connectivity index (χ0) is 17.8. The number of hydrogen-bond donors (Lipinski definition) is 2. The zero-order valence-electron chi connectivity index (χ0n) is 15.0. The first-order valence-corrected chi connectivity index (χ1v) is 9.09. The van der Waals surface area contributed by atoms with Crippen LogP contribution in [0.4, 0.5) is 4.79 Å². The van der Waals surface area contributed by atoms with Crippen molar-refractivity contribution in [2.24, 2.45) is 0 Å². The molecule has 1 aliphatic heterocycles. The van der Waals surface area contributed by atoms with Gasteiger partial charge in [-0.15, -0.1) is 0 Å². The van der Waals surface area contributed by atoms with Crippen molar-refractivity contribution in [2.75, 3.05) is 26.7 Å². The van der Waals surface area contributed by atoms with E-state index < -0.39 is 6.04 Å². The van der Waals surface area contributed by atoms with Gasteiger partial charge in [-0.05, 0) is 55.9 Å². The van der Waals surface area contributed by atoms with Crippen LogP contribution in [0, 0.1) is 0 Å². The van der Waals surface area contributed by atoms with Gasteiger partial charge in [0.05, 0.1) is 7.11 Å². The number of carbonyl (C=O) groups is 2. The summed E-state index contributed by atoms with van der Waals surface area (Å²) >= 11 is 0. The normalized spacial score (nSPS) is 23.3. The number of nitrogens with zero attached hydrogens (tertiary/aromatic N) is 1. The molecule has 25 heavy (non-hydrogen) atoms. The smallest absolute Gasteiger partial charge is 0.318 e. The lowest BCUT2D eigenvalue weighted by atomic mass is 9.82. The second kappa shape index (κ2) is 7.76. The second-order valence-electron chi connectivity index (χ2n) is 6.85. The molecule has 3 rings (SSSR count). The highest BCUT2D eigenvalue weighted by Crippen LogP contribution is 2.33. The number of carbonyl (C=O) groups excluding carboxylic acids is 2. The Morgan fingerprint density at radius 3 is 3.04 bits per heavy atom. The number of aryl methyl sites for hydroxylation is 1. The fraction of sp³-hybridized carbons (Fsp3) is 0.579. The van der Waals surface area contributed by atoms with Crippen LogP contribution in [0.25, 0.3) is 0 Å². The Bertz CT molecular complexity index is 647. The van der Waals surface area contributed by atoms with Crippen LogP contribution in [0.1, 0.15) is 43.2 Å². The molecule has 1 aliphatic carbocycles. The Balaban J connectivity index is 1.64. The minimum absolute atomic E-state index is 0.0808. The third kappa shape index (κ3) is 3.89. The van der Waals surface area contributed by atoms with Gasteiger partial charge in [0, 0.05) is 25.6 Å². The summed E-state index contributed by atoms with van der Waals surface area (Å²) in [6, 6.07) is 5.63. The van der Waals surface area contributed by atoms with Gasteiger partial charge in [0.2, 0.25) is 5.91 Å². The van der Waals surface area contributed by atoms with Gasteiger partial charge in [0.25, 0.3) is 0 Å². The number of rotatable bonds is 3. The number of hydrogen-bond acceptors (Lipinski definition) is 3. The average Bonchev–Trinajstić information content (AvgIpc) is 2.80. The topological polar surface area (TPSA) is 70.7 Å². The summed E-state index contributed by atoms with van der Waals surface area (Å²) in [5, 5.41) is 5.88. The third-order valence-electron chi connectivity index (χ3n) is 5.27. The minimum Gasteiger partial charge on any atom is -0.497 e. The first-order valence-electron chi connectivity index (χ1n) is 9.09. The number of urea groups is 1. The van der Waals surface area contributed by atoms with Crippen LogP contribution in [0.3, 0.4) is 0 Å². The number of amides is 3. The van der Waals surface area contributed by atoms with Gasteiger partial charge in [-0.2, -0.15) is 0 Å². The quantitative estimate of drug-likeness (QED) is 0.881. The lowest BCUT2D eigenvalue weighted by Crippen LogP contribution is -2.50. The summed E-state index contributed by atoms with van der Waals surface area (Å²) in [6.07, 6.45) is 4.02. The summed E-state index contributed by atoms with van der Waals surface area (Å²) in [5.41, 5.74) is 2.61. The van der Waals surface area contributed by atoms with Crippen molar-refractivity contribution in [1.29, 1.82) is 0 Å². The predicted molar refractivity (Wildman–Crippen MR) is 95.9 cm³/mol. The largest absolute Gasteiger partial charge is 0.497 e. The fourth-order valence-corrected chi connectivity index (χ4v) is 3.76. The molecule has 1 fully saturated rings. The van der Waals surface area contributed by atoms with Crippen LogP contribution < -0.4 is 15.4 Å². The molecule has 1 aromatic carbocycles. The molecule has 2 aliphatic rings. The van der Waals surface area contributed by atoms with Crippen molar-refractivity contribution >= 4 is 11.9 Å². The Morgan fingerprint density at radius 2 is 2.24 bits per heavy atom. The molecule has 0 radical (unpaired) electrons. The lowest BCUT2D eigenvalue weighted by Gasteiger charge is -2.29. The van der Waals surface area contributed by atoms with E-state index in [9.17, 15) is 9.59 Å². The molecule has 2 atom stereocenters. The SMILES string of the molecule is COc1ccc2c(c1)CCC[C@H]2CNC(=O)N1CCCNC(=O)[C@H]1C. The average molecular weight is 345 g/mol. The number of methoxy groups -OCH3 is 1. The standard InChI is InChI=1S/C19H27N3O3/c1-13-18(23)20-9-4-10-22(13)19(24)21-12-15-6-3-5-14-11-16(25-2)7-8-17(14)15/h7-8,11,13,15H,3-6,9-10,12H2,1-2H3,(H,20,23)(H,21,24)/t13-,15+/m1/s1. The van der Waals surface area contributed by atoms with Gasteiger partial charge >= 0.3 is 6.03 Å². The van der Waals surface area contributed by atoms with Crippen molar-refractivity contribution in [1.82, 2.24) is 15.5 Å². The number of benzene rings is 1. The number of nitrogens with one attached hydrogen (secondary N) is 2. The third-order valence-corrected chi connectivity index (χ3v) is 5.27. The fourth-order valence-electron chi connectivity index (χ4n) is 3.76. The maximum absolute atomic E-state index is 12.6. The summed E-state index contributed by atoms with van der Waals surface area (Å²) in [7, 11) is 1.68. The molecular weight excluding hydrogens is 318 g/mol. The van der Waals surface area contributed by atoms with E-state index in [-0.39, 0.29) is 11.9 Å². The van der Waals surface area contributed by atoms with Crippen molar-refractivity contribution in [3.05, 3.63) is 29.3 Å². The molecule has 0 saturated carbocycles. The molecule has 0 bridgehead atoms. The maximum atomic E-state index is 12.6. The van der Waals surface area contributed by atoms with Gasteiger partial charge in [-0.3, -0.25) is 4.79 Å². The van der Waals surface area contributed by atoms with E-state index >= 15 is 0 Å². The predicted octanol–water partition coefficient (Wildman–Crippen LogP) is 2.04. The molecular formula is C19H27N3O3. The van der Waals surface area contributed by atoms with Crippen molar-refractivity contribution in [3.63, 3.8) is 0 Å². The minimum atomic E-state index is -0.426. The summed E-state index contributed by atoms with van der Waals surface area (Å²) in [5.74, 6) is 1.12. The first kappa shape index (κ1) is 17.6. The molecule has 1 heterocycles. The molecule has 1 saturated heterocycles. The van der Waals surface area contributed by atoms with Gasteiger partial charge in [-0.1, -0.05) is 6.07 Å². The zero-order valence-corrected chi connectivity index (χ0v) is 15.0. The summed E-state index contributed by atoms with van der Waals surface area (Å²) in [4.78, 5) is 26.1. The van der Waals surface area contributed by atoms with Crippen molar-refractivity contribution < 1.29 is 14.3 Å². The highest BCUT2D eigenvalue weighted by atomic mass is 16.5. The highest BCUT2D eigenvalue weighted by molar-refractivity contribution is 5.87. The molecule has 136 valence electrons. The van der Waals surface area contributed by atoms with Gasteiger partial charge < -0.3 is 20.3 Å². The van der Waals surface area contributed by atoms with E-state index in [1.807, 2.05) is 6.07 Å². The van der Waals surface area contributed by atoms with Crippen LogP contribution in [0.15, 0.2) is 18.2 Å². The van der Waals surface area contributed by atoms with Gasteiger partial charge in [0.15, 0.2) is 0 Å². The summed E-state index contributed by atoms with van der Waals surface area (Å²) in [6.45, 7) is 3.61. The molecule has 6 nitrogen and oxygen atoms in total. The highest BCUT2D eigenvalue weighted by Gasteiger charge is 2.28. The Kier molecular flexibility index (Phi) is 5.46. The van der Waals surface area contributed by atoms with E-state index in [2.05, 4.69) is 22.8 Å². The lowest BCUT2D eigenvalue weighted by molar-refractivity contribution is -0.124. The van der Waals surface area contributed by atoms with E-state index in [0.29, 0.717) is 25.6 Å². The van der Waals surface area contributed by atoms with E-state index in [0.717, 1.165) is 31.4 Å². The Labute approximate surface area is 148 Å². The van der Waals surface area contributed by atoms with E-state index in [1.165, 1.54) is 11.1 Å². The molecule has 0 unspecified atom stereocenters.